The van der Waals surface area contributed by atoms with Crippen molar-refractivity contribution in [3.8, 4) is 0 Å². The van der Waals surface area contributed by atoms with Gasteiger partial charge in [0.2, 0.25) is 15.9 Å². The number of nitrogens with one attached hydrogen (secondary N) is 1. The first-order valence-electron chi connectivity index (χ1n) is 6.78. The summed E-state index contributed by atoms with van der Waals surface area (Å²) >= 11 is 0. The Morgan fingerprint density at radius 3 is 2.80 bits per heavy atom. The summed E-state index contributed by atoms with van der Waals surface area (Å²) in [6, 6.07) is 1.77. The minimum absolute atomic E-state index is 0.0473. The largest absolute Gasteiger partial charge is 0.309 e. The van der Waals surface area contributed by atoms with Gasteiger partial charge < -0.3 is 5.32 Å². The van der Waals surface area contributed by atoms with Crippen molar-refractivity contribution in [3.63, 3.8) is 0 Å². The Labute approximate surface area is 118 Å². The van der Waals surface area contributed by atoms with Gasteiger partial charge in [0.1, 0.15) is 0 Å². The fourth-order valence-corrected chi connectivity index (χ4v) is 4.42. The molecule has 7 nitrogen and oxygen atoms in total. The monoisotopic (exact) mass is 298 g/mol. The minimum Gasteiger partial charge on any atom is -0.309 e. The number of sulfonamides is 1. The Morgan fingerprint density at radius 2 is 2.15 bits per heavy atom. The van der Waals surface area contributed by atoms with E-state index in [2.05, 4.69) is 10.4 Å². The Balaban J connectivity index is 1.67. The molecule has 0 spiro atoms. The second kappa shape index (κ2) is 4.85. The average molecular weight is 298 g/mol. The van der Waals surface area contributed by atoms with Crippen molar-refractivity contribution >= 4 is 21.7 Å². The smallest absolute Gasteiger partial charge is 0.222 e. The number of anilines is 1. The van der Waals surface area contributed by atoms with Crippen LogP contribution in [-0.4, -0.2) is 46.8 Å². The van der Waals surface area contributed by atoms with Crippen LogP contribution in [0.2, 0.25) is 0 Å². The second-order valence-electron chi connectivity index (χ2n) is 5.41. The highest BCUT2D eigenvalue weighted by molar-refractivity contribution is 7.90. The van der Waals surface area contributed by atoms with Crippen molar-refractivity contribution in [2.75, 3.05) is 18.4 Å². The van der Waals surface area contributed by atoms with E-state index < -0.39 is 10.0 Å². The molecule has 20 heavy (non-hydrogen) atoms. The van der Waals surface area contributed by atoms with Crippen molar-refractivity contribution in [3.05, 3.63) is 12.3 Å². The van der Waals surface area contributed by atoms with Crippen LogP contribution in [0.15, 0.2) is 12.3 Å². The summed E-state index contributed by atoms with van der Waals surface area (Å²) in [5.74, 6) is 0.334. The van der Waals surface area contributed by atoms with Gasteiger partial charge >= 0.3 is 0 Å². The highest BCUT2D eigenvalue weighted by Crippen LogP contribution is 2.34. The zero-order valence-corrected chi connectivity index (χ0v) is 12.1. The van der Waals surface area contributed by atoms with Gasteiger partial charge in [-0.2, -0.15) is 9.40 Å². The van der Waals surface area contributed by atoms with Gasteiger partial charge in [-0.25, -0.2) is 8.42 Å². The van der Waals surface area contributed by atoms with Crippen LogP contribution in [0, 0.1) is 0 Å². The first-order chi connectivity index (χ1) is 9.46. The average Bonchev–Trinajstić information content (AvgIpc) is 2.95. The quantitative estimate of drug-likeness (QED) is 0.881. The van der Waals surface area contributed by atoms with Gasteiger partial charge in [0.15, 0.2) is 5.82 Å². The number of carbonyl (C=O) groups is 1. The van der Waals surface area contributed by atoms with Crippen molar-refractivity contribution < 1.29 is 13.2 Å². The molecule has 1 N–H and O–H groups in total. The molecular weight excluding hydrogens is 280 g/mol. The number of aromatic nitrogens is 2. The summed E-state index contributed by atoms with van der Waals surface area (Å²) in [6.07, 6.45) is 4.12. The van der Waals surface area contributed by atoms with Gasteiger partial charge in [0.25, 0.3) is 0 Å². The van der Waals surface area contributed by atoms with Gasteiger partial charge in [0.05, 0.1) is 11.3 Å². The number of amides is 1. The first-order valence-corrected chi connectivity index (χ1v) is 8.29. The molecule has 1 aliphatic carbocycles. The highest BCUT2D eigenvalue weighted by Gasteiger charge is 2.43. The summed E-state index contributed by atoms with van der Waals surface area (Å²) in [4.78, 5) is 11.0. The maximum absolute atomic E-state index is 12.2. The lowest BCUT2D eigenvalue weighted by atomic mass is 10.3. The van der Waals surface area contributed by atoms with E-state index in [1.54, 1.807) is 21.3 Å². The summed E-state index contributed by atoms with van der Waals surface area (Å²) in [5.41, 5.74) is 0. The summed E-state index contributed by atoms with van der Waals surface area (Å²) in [5, 5.41) is 6.73. The Morgan fingerprint density at radius 1 is 1.40 bits per heavy atom. The molecule has 1 aromatic rings. The Hall–Kier alpha value is -1.41. The molecule has 0 bridgehead atoms. The summed E-state index contributed by atoms with van der Waals surface area (Å²) in [7, 11) is -3.10. The van der Waals surface area contributed by atoms with Gasteiger partial charge in [-0.3, -0.25) is 9.48 Å². The van der Waals surface area contributed by atoms with Crippen molar-refractivity contribution in [2.24, 2.45) is 0 Å². The Bertz CT molecular complexity index is 620. The first kappa shape index (κ1) is 13.6. The van der Waals surface area contributed by atoms with Crippen LogP contribution in [0.4, 0.5) is 5.82 Å². The summed E-state index contributed by atoms with van der Waals surface area (Å²) in [6.45, 7) is 2.46. The van der Waals surface area contributed by atoms with Crippen molar-refractivity contribution in [2.45, 2.75) is 37.5 Å². The number of carbonyl (C=O) groups excluding carboxylic acids is 1. The Kier molecular flexibility index (Phi) is 3.29. The number of hydrogen-bond acceptors (Lipinski definition) is 4. The molecule has 1 saturated heterocycles. The maximum atomic E-state index is 12.2. The number of nitrogens with zero attached hydrogens (tertiary/aromatic N) is 3. The van der Waals surface area contributed by atoms with Crippen molar-refractivity contribution in [1.29, 1.82) is 0 Å². The van der Waals surface area contributed by atoms with Gasteiger partial charge in [0, 0.05) is 32.3 Å². The van der Waals surface area contributed by atoms with Crippen LogP contribution in [0.25, 0.3) is 0 Å². The topological polar surface area (TPSA) is 84.3 Å². The van der Waals surface area contributed by atoms with E-state index in [-0.39, 0.29) is 17.2 Å². The summed E-state index contributed by atoms with van der Waals surface area (Å²) < 4.78 is 27.6. The maximum Gasteiger partial charge on any atom is 0.222 e. The predicted molar refractivity (Wildman–Crippen MR) is 73.7 cm³/mol. The van der Waals surface area contributed by atoms with E-state index in [1.165, 1.54) is 6.92 Å². The molecule has 110 valence electrons. The lowest BCUT2D eigenvalue weighted by Crippen LogP contribution is -2.32. The van der Waals surface area contributed by atoms with E-state index in [4.69, 9.17) is 0 Å². The van der Waals surface area contributed by atoms with E-state index >= 15 is 0 Å². The minimum atomic E-state index is -3.10. The molecule has 2 aliphatic rings. The van der Waals surface area contributed by atoms with Crippen LogP contribution in [0.3, 0.4) is 0 Å². The van der Waals surface area contributed by atoms with E-state index in [9.17, 15) is 13.2 Å². The molecule has 8 heteroatoms. The zero-order chi connectivity index (χ0) is 14.3. The third-order valence-corrected chi connectivity index (χ3v) is 6.08. The zero-order valence-electron chi connectivity index (χ0n) is 11.3. The lowest BCUT2D eigenvalue weighted by molar-refractivity contribution is -0.114. The third kappa shape index (κ3) is 2.57. The van der Waals surface area contributed by atoms with Crippen LogP contribution in [0.1, 0.15) is 32.2 Å². The van der Waals surface area contributed by atoms with Crippen LogP contribution in [0.5, 0.6) is 0 Å². The third-order valence-electron chi connectivity index (χ3n) is 3.72. The molecule has 1 saturated carbocycles. The van der Waals surface area contributed by atoms with Gasteiger partial charge in [-0.05, 0) is 19.3 Å². The standard InChI is InChI=1S/C12H18N4O3S/c1-9(17)13-12-5-7-16(14-12)10-4-6-15(8-10)20(18,19)11-2-3-11/h5,7,10-11H,2-4,6,8H2,1H3,(H,13,14,17)/t10-/m1/s1. The number of hydrogen-bond donors (Lipinski definition) is 1. The van der Waals surface area contributed by atoms with Crippen LogP contribution < -0.4 is 5.32 Å². The molecule has 2 heterocycles. The highest BCUT2D eigenvalue weighted by atomic mass is 32.2. The molecule has 1 atom stereocenters. The van der Waals surface area contributed by atoms with E-state index in [0.29, 0.717) is 18.9 Å². The molecule has 0 radical (unpaired) electrons. The van der Waals surface area contributed by atoms with Gasteiger partial charge in [-0.1, -0.05) is 0 Å². The predicted octanol–water partition coefficient (Wildman–Crippen LogP) is 0.580. The fraction of sp³-hybridized carbons (Fsp3) is 0.667. The molecule has 0 unspecified atom stereocenters. The fourth-order valence-electron chi connectivity index (χ4n) is 2.52. The molecule has 3 rings (SSSR count). The van der Waals surface area contributed by atoms with E-state index in [1.807, 2.05) is 0 Å². The SMILES string of the molecule is CC(=O)Nc1ccn([C@@H]2CCN(S(=O)(=O)C3CC3)C2)n1. The molecular formula is C12H18N4O3S. The number of rotatable bonds is 4. The molecule has 0 aromatic carbocycles. The van der Waals surface area contributed by atoms with Crippen LogP contribution in [-0.2, 0) is 14.8 Å². The van der Waals surface area contributed by atoms with E-state index in [0.717, 1.165) is 19.3 Å². The molecule has 1 amide bonds. The van der Waals surface area contributed by atoms with Gasteiger partial charge in [-0.15, -0.1) is 0 Å². The molecule has 1 aromatic heterocycles. The normalized spacial score (nSPS) is 23.9. The van der Waals surface area contributed by atoms with Crippen molar-refractivity contribution in [1.82, 2.24) is 14.1 Å². The lowest BCUT2D eigenvalue weighted by Gasteiger charge is -2.16. The molecule has 1 aliphatic heterocycles. The van der Waals surface area contributed by atoms with Crippen LogP contribution >= 0.6 is 0 Å². The molecule has 2 fully saturated rings. The second-order valence-corrected chi connectivity index (χ2v) is 7.62.